The predicted molar refractivity (Wildman–Crippen MR) is 88.3 cm³/mol. The third kappa shape index (κ3) is 2.86. The second kappa shape index (κ2) is 6.25. The molecule has 0 radical (unpaired) electrons. The minimum absolute atomic E-state index is 0.297. The van der Waals surface area contributed by atoms with E-state index in [9.17, 15) is 9.18 Å². The van der Waals surface area contributed by atoms with Crippen molar-refractivity contribution in [2.45, 2.75) is 0 Å². The molecule has 2 aromatic carbocycles. The summed E-state index contributed by atoms with van der Waals surface area (Å²) in [5, 5.41) is 5.01. The predicted octanol–water partition coefficient (Wildman–Crippen LogP) is 4.46. The standard InChI is InChI=1S/C16H10ClFN2OS/c17-14-11-6-2-4-8-13(11)22-15(14)16(21)20-19-9-10-5-1-3-7-12(10)18/h1-9H,(H,20,21). The number of thiophene rings is 1. The van der Waals surface area contributed by atoms with Gasteiger partial charge in [0.1, 0.15) is 10.7 Å². The van der Waals surface area contributed by atoms with Gasteiger partial charge in [0, 0.05) is 15.6 Å². The molecule has 1 N–H and O–H groups in total. The summed E-state index contributed by atoms with van der Waals surface area (Å²) in [6.45, 7) is 0. The summed E-state index contributed by atoms with van der Waals surface area (Å²) < 4.78 is 14.3. The van der Waals surface area contributed by atoms with Crippen molar-refractivity contribution in [1.29, 1.82) is 0 Å². The average Bonchev–Trinajstić information content (AvgIpc) is 2.87. The van der Waals surface area contributed by atoms with Gasteiger partial charge in [0.25, 0.3) is 5.91 Å². The maximum Gasteiger partial charge on any atom is 0.283 e. The number of benzene rings is 2. The van der Waals surface area contributed by atoms with E-state index < -0.39 is 11.7 Å². The third-order valence-electron chi connectivity index (χ3n) is 3.02. The number of rotatable bonds is 3. The maximum absolute atomic E-state index is 13.4. The highest BCUT2D eigenvalue weighted by molar-refractivity contribution is 7.21. The summed E-state index contributed by atoms with van der Waals surface area (Å²) >= 11 is 7.50. The number of halogens is 2. The van der Waals surface area contributed by atoms with Crippen molar-refractivity contribution in [1.82, 2.24) is 5.43 Å². The molecule has 0 aliphatic rings. The molecular weight excluding hydrogens is 323 g/mol. The smallest absolute Gasteiger partial charge is 0.266 e. The van der Waals surface area contributed by atoms with E-state index in [0.717, 1.165) is 10.1 Å². The Labute approximate surface area is 135 Å². The van der Waals surface area contributed by atoms with Crippen LogP contribution in [0.15, 0.2) is 53.6 Å². The monoisotopic (exact) mass is 332 g/mol. The molecular formula is C16H10ClFN2OS. The van der Waals surface area contributed by atoms with E-state index in [4.69, 9.17) is 11.6 Å². The van der Waals surface area contributed by atoms with E-state index >= 15 is 0 Å². The van der Waals surface area contributed by atoms with Crippen molar-refractivity contribution in [2.75, 3.05) is 0 Å². The second-order valence-electron chi connectivity index (χ2n) is 4.46. The summed E-state index contributed by atoms with van der Waals surface area (Å²) in [5.74, 6) is -0.820. The molecule has 1 amide bonds. The second-order valence-corrected chi connectivity index (χ2v) is 5.89. The molecule has 1 aromatic heterocycles. The number of carbonyl (C=O) groups is 1. The quantitative estimate of drug-likeness (QED) is 0.558. The fraction of sp³-hybridized carbons (Fsp3) is 0. The Morgan fingerprint density at radius 1 is 1.18 bits per heavy atom. The molecule has 6 heteroatoms. The maximum atomic E-state index is 13.4. The van der Waals surface area contributed by atoms with Crippen molar-refractivity contribution in [3.05, 3.63) is 69.8 Å². The SMILES string of the molecule is O=C(NN=Cc1ccccc1F)c1sc2ccccc2c1Cl. The highest BCUT2D eigenvalue weighted by Gasteiger charge is 2.16. The number of hydrogen-bond acceptors (Lipinski definition) is 3. The van der Waals surface area contributed by atoms with Gasteiger partial charge in [-0.05, 0) is 12.1 Å². The third-order valence-corrected chi connectivity index (χ3v) is 4.69. The van der Waals surface area contributed by atoms with E-state index in [1.165, 1.54) is 23.6 Å². The Morgan fingerprint density at radius 3 is 2.68 bits per heavy atom. The fourth-order valence-corrected chi connectivity index (χ4v) is 3.36. The molecule has 0 spiro atoms. The molecule has 0 aliphatic heterocycles. The molecule has 110 valence electrons. The van der Waals surface area contributed by atoms with Crippen LogP contribution in [-0.2, 0) is 0 Å². The summed E-state index contributed by atoms with van der Waals surface area (Å²) in [4.78, 5) is 12.5. The number of amides is 1. The van der Waals surface area contributed by atoms with Crippen molar-refractivity contribution >= 4 is 45.1 Å². The van der Waals surface area contributed by atoms with Crippen LogP contribution < -0.4 is 5.43 Å². The molecule has 0 atom stereocenters. The number of hydrogen-bond donors (Lipinski definition) is 1. The van der Waals surface area contributed by atoms with Crippen LogP contribution in [0.1, 0.15) is 15.2 Å². The Kier molecular flexibility index (Phi) is 4.18. The van der Waals surface area contributed by atoms with Gasteiger partial charge in [-0.1, -0.05) is 48.0 Å². The Hall–Kier alpha value is -2.24. The molecule has 0 unspecified atom stereocenters. The Balaban J connectivity index is 1.79. The van der Waals surface area contributed by atoms with Gasteiger partial charge in [0.05, 0.1) is 11.2 Å². The minimum Gasteiger partial charge on any atom is -0.266 e. The fourth-order valence-electron chi connectivity index (χ4n) is 1.95. The van der Waals surface area contributed by atoms with E-state index in [1.54, 1.807) is 18.2 Å². The first-order chi connectivity index (χ1) is 10.7. The van der Waals surface area contributed by atoms with Crippen LogP contribution in [0, 0.1) is 5.82 Å². The summed E-state index contributed by atoms with van der Waals surface area (Å²) in [6.07, 6.45) is 1.26. The van der Waals surface area contributed by atoms with Gasteiger partial charge in [0.2, 0.25) is 0 Å². The zero-order valence-electron chi connectivity index (χ0n) is 11.2. The first-order valence-corrected chi connectivity index (χ1v) is 7.61. The zero-order chi connectivity index (χ0) is 15.5. The first-order valence-electron chi connectivity index (χ1n) is 6.42. The van der Waals surface area contributed by atoms with Gasteiger partial charge in [-0.3, -0.25) is 4.79 Å². The molecule has 0 saturated carbocycles. The van der Waals surface area contributed by atoms with Gasteiger partial charge in [-0.2, -0.15) is 5.10 Å². The van der Waals surface area contributed by atoms with Crippen LogP contribution in [0.5, 0.6) is 0 Å². The zero-order valence-corrected chi connectivity index (χ0v) is 12.8. The topological polar surface area (TPSA) is 41.5 Å². The van der Waals surface area contributed by atoms with Gasteiger partial charge in [-0.25, -0.2) is 9.82 Å². The molecule has 0 bridgehead atoms. The van der Waals surface area contributed by atoms with E-state index in [0.29, 0.717) is 15.5 Å². The Morgan fingerprint density at radius 2 is 1.91 bits per heavy atom. The van der Waals surface area contributed by atoms with Crippen LogP contribution in [0.4, 0.5) is 4.39 Å². The van der Waals surface area contributed by atoms with Crippen LogP contribution in [0.25, 0.3) is 10.1 Å². The minimum atomic E-state index is -0.418. The molecule has 0 aliphatic carbocycles. The van der Waals surface area contributed by atoms with Crippen LogP contribution >= 0.6 is 22.9 Å². The number of carbonyl (C=O) groups excluding carboxylic acids is 1. The van der Waals surface area contributed by atoms with Gasteiger partial charge >= 0.3 is 0 Å². The molecule has 3 nitrogen and oxygen atoms in total. The Bertz CT molecular complexity index is 875. The normalized spacial score (nSPS) is 11.2. The molecule has 22 heavy (non-hydrogen) atoms. The molecule has 1 heterocycles. The molecule has 3 aromatic rings. The largest absolute Gasteiger partial charge is 0.283 e. The van der Waals surface area contributed by atoms with Crippen molar-refractivity contribution in [2.24, 2.45) is 5.10 Å². The lowest BCUT2D eigenvalue weighted by Crippen LogP contribution is -2.16. The van der Waals surface area contributed by atoms with E-state index in [-0.39, 0.29) is 0 Å². The molecule has 3 rings (SSSR count). The van der Waals surface area contributed by atoms with Crippen LogP contribution in [0.2, 0.25) is 5.02 Å². The molecule has 0 fully saturated rings. The lowest BCUT2D eigenvalue weighted by atomic mass is 10.2. The van der Waals surface area contributed by atoms with Crippen LogP contribution in [0.3, 0.4) is 0 Å². The number of nitrogens with one attached hydrogen (secondary N) is 1. The van der Waals surface area contributed by atoms with Gasteiger partial charge in [0.15, 0.2) is 0 Å². The van der Waals surface area contributed by atoms with E-state index in [1.807, 2.05) is 24.3 Å². The lowest BCUT2D eigenvalue weighted by molar-refractivity contribution is 0.0959. The van der Waals surface area contributed by atoms with Crippen molar-refractivity contribution in [3.63, 3.8) is 0 Å². The number of hydrazone groups is 1. The summed E-state index contributed by atoms with van der Waals surface area (Å²) in [6, 6.07) is 13.7. The summed E-state index contributed by atoms with van der Waals surface area (Å²) in [7, 11) is 0. The van der Waals surface area contributed by atoms with Gasteiger partial charge < -0.3 is 0 Å². The highest BCUT2D eigenvalue weighted by Crippen LogP contribution is 2.34. The van der Waals surface area contributed by atoms with Crippen molar-refractivity contribution < 1.29 is 9.18 Å². The first kappa shape index (κ1) is 14.7. The highest BCUT2D eigenvalue weighted by atomic mass is 35.5. The van der Waals surface area contributed by atoms with E-state index in [2.05, 4.69) is 10.5 Å². The average molecular weight is 333 g/mol. The van der Waals surface area contributed by atoms with Crippen molar-refractivity contribution in [3.8, 4) is 0 Å². The van der Waals surface area contributed by atoms with Crippen LogP contribution in [-0.4, -0.2) is 12.1 Å². The lowest BCUT2D eigenvalue weighted by Gasteiger charge is -1.98. The van der Waals surface area contributed by atoms with Gasteiger partial charge in [-0.15, -0.1) is 11.3 Å². The summed E-state index contributed by atoms with van der Waals surface area (Å²) in [5.41, 5.74) is 2.66. The molecule has 0 saturated heterocycles. The number of fused-ring (bicyclic) bond motifs is 1. The number of nitrogens with zero attached hydrogens (tertiary/aromatic N) is 1.